The number of alkyl halides is 2. The van der Waals surface area contributed by atoms with Gasteiger partial charge >= 0.3 is 5.97 Å². The summed E-state index contributed by atoms with van der Waals surface area (Å²) < 4.78 is 27.8. The molecule has 0 aromatic heterocycles. The normalized spacial score (nSPS) is 30.0. The first-order valence-electron chi connectivity index (χ1n) is 8.54. The highest BCUT2D eigenvalue weighted by Gasteiger charge is 2.48. The van der Waals surface area contributed by atoms with Gasteiger partial charge in [0.25, 0.3) is 5.92 Å². The van der Waals surface area contributed by atoms with Crippen LogP contribution in [0.1, 0.15) is 58.8 Å². The van der Waals surface area contributed by atoms with Gasteiger partial charge in [0.1, 0.15) is 0 Å². The molecule has 4 nitrogen and oxygen atoms in total. The van der Waals surface area contributed by atoms with Gasteiger partial charge in [0, 0.05) is 31.3 Å². The first-order chi connectivity index (χ1) is 10.7. The van der Waals surface area contributed by atoms with E-state index in [9.17, 15) is 23.5 Å². The summed E-state index contributed by atoms with van der Waals surface area (Å²) in [6, 6.07) is 0. The predicted molar refractivity (Wildman–Crippen MR) is 82.2 cm³/mol. The van der Waals surface area contributed by atoms with Gasteiger partial charge in [-0.05, 0) is 18.3 Å². The van der Waals surface area contributed by atoms with Crippen LogP contribution in [0.25, 0.3) is 0 Å². The number of carboxylic acid groups (broad SMARTS) is 1. The number of amides is 1. The van der Waals surface area contributed by atoms with E-state index in [4.69, 9.17) is 0 Å². The number of piperidine rings is 1. The third-order valence-electron chi connectivity index (χ3n) is 5.62. The van der Waals surface area contributed by atoms with E-state index in [2.05, 4.69) is 0 Å². The zero-order valence-electron chi connectivity index (χ0n) is 14.0. The number of halogens is 2. The SMILES string of the molecule is CC1CN(C(=O)CC2(CC(=O)O)CCCCC2)CC(C)C1(F)F. The summed E-state index contributed by atoms with van der Waals surface area (Å²) in [6.07, 6.45) is 4.58. The van der Waals surface area contributed by atoms with Crippen molar-refractivity contribution in [3.05, 3.63) is 0 Å². The lowest BCUT2D eigenvalue weighted by molar-refractivity contribution is -0.160. The molecule has 132 valence electrons. The van der Waals surface area contributed by atoms with Gasteiger partial charge in [-0.3, -0.25) is 9.59 Å². The summed E-state index contributed by atoms with van der Waals surface area (Å²) in [6.45, 7) is 3.06. The lowest BCUT2D eigenvalue weighted by Gasteiger charge is -2.43. The Kier molecular flexibility index (Phi) is 5.31. The molecule has 1 heterocycles. The molecule has 1 saturated heterocycles. The molecule has 1 saturated carbocycles. The molecule has 2 unspecified atom stereocenters. The lowest BCUT2D eigenvalue weighted by atomic mass is 9.69. The molecule has 2 aliphatic rings. The minimum atomic E-state index is -2.75. The molecule has 1 amide bonds. The molecule has 2 rings (SSSR count). The van der Waals surface area contributed by atoms with Crippen LogP contribution in [0.4, 0.5) is 8.78 Å². The number of carbonyl (C=O) groups excluding carboxylic acids is 1. The van der Waals surface area contributed by atoms with Crippen molar-refractivity contribution in [2.75, 3.05) is 13.1 Å². The molecule has 6 heteroatoms. The number of carbonyl (C=O) groups is 2. The highest BCUT2D eigenvalue weighted by atomic mass is 19.3. The van der Waals surface area contributed by atoms with Gasteiger partial charge in [-0.1, -0.05) is 33.1 Å². The number of carboxylic acids is 1. The van der Waals surface area contributed by atoms with Gasteiger partial charge in [-0.25, -0.2) is 8.78 Å². The Hall–Kier alpha value is -1.20. The Bertz CT molecular complexity index is 447. The third kappa shape index (κ3) is 4.01. The van der Waals surface area contributed by atoms with Crippen molar-refractivity contribution < 1.29 is 23.5 Å². The molecule has 0 bridgehead atoms. The number of rotatable bonds is 4. The van der Waals surface area contributed by atoms with Crippen molar-refractivity contribution in [3.63, 3.8) is 0 Å². The van der Waals surface area contributed by atoms with E-state index in [1.807, 2.05) is 0 Å². The molecule has 2 fully saturated rings. The summed E-state index contributed by atoms with van der Waals surface area (Å²) >= 11 is 0. The Morgan fingerprint density at radius 1 is 1.04 bits per heavy atom. The maximum Gasteiger partial charge on any atom is 0.303 e. The van der Waals surface area contributed by atoms with Gasteiger partial charge in [0.05, 0.1) is 6.42 Å². The summed E-state index contributed by atoms with van der Waals surface area (Å²) in [4.78, 5) is 25.4. The highest BCUT2D eigenvalue weighted by Crippen LogP contribution is 2.44. The minimum Gasteiger partial charge on any atom is -0.481 e. The van der Waals surface area contributed by atoms with Crippen LogP contribution in [-0.2, 0) is 9.59 Å². The van der Waals surface area contributed by atoms with E-state index in [-0.39, 0.29) is 31.8 Å². The van der Waals surface area contributed by atoms with Crippen LogP contribution in [0, 0.1) is 17.3 Å². The van der Waals surface area contributed by atoms with Gasteiger partial charge in [-0.2, -0.15) is 0 Å². The first-order valence-corrected chi connectivity index (χ1v) is 8.54. The molecule has 1 N–H and O–H groups in total. The minimum absolute atomic E-state index is 0.00610. The average Bonchev–Trinajstić information content (AvgIpc) is 2.44. The van der Waals surface area contributed by atoms with E-state index in [1.54, 1.807) is 0 Å². The van der Waals surface area contributed by atoms with E-state index in [0.29, 0.717) is 0 Å². The number of aliphatic carboxylic acids is 1. The summed E-state index contributed by atoms with van der Waals surface area (Å²) in [5, 5.41) is 9.18. The summed E-state index contributed by atoms with van der Waals surface area (Å²) in [5.41, 5.74) is -0.492. The van der Waals surface area contributed by atoms with Crippen LogP contribution in [0.2, 0.25) is 0 Å². The number of nitrogens with zero attached hydrogens (tertiary/aromatic N) is 1. The van der Waals surface area contributed by atoms with Crippen molar-refractivity contribution in [1.82, 2.24) is 4.90 Å². The molecular weight excluding hydrogens is 304 g/mol. The number of hydrogen-bond donors (Lipinski definition) is 1. The molecule has 0 spiro atoms. The molecule has 1 aliphatic carbocycles. The van der Waals surface area contributed by atoms with Gasteiger partial charge < -0.3 is 10.0 Å². The van der Waals surface area contributed by atoms with Gasteiger partial charge in [-0.15, -0.1) is 0 Å². The van der Waals surface area contributed by atoms with E-state index >= 15 is 0 Å². The van der Waals surface area contributed by atoms with Crippen molar-refractivity contribution >= 4 is 11.9 Å². The van der Waals surface area contributed by atoms with Gasteiger partial charge in [0.2, 0.25) is 5.91 Å². The zero-order chi connectivity index (χ0) is 17.3. The van der Waals surface area contributed by atoms with Gasteiger partial charge in [0.15, 0.2) is 0 Å². The fraction of sp³-hybridized carbons (Fsp3) is 0.882. The Morgan fingerprint density at radius 3 is 2.04 bits per heavy atom. The number of hydrogen-bond acceptors (Lipinski definition) is 2. The van der Waals surface area contributed by atoms with Crippen molar-refractivity contribution in [2.24, 2.45) is 17.3 Å². The molecule has 0 aromatic carbocycles. The summed E-state index contributed by atoms with van der Waals surface area (Å²) in [5.74, 6) is -5.52. The quantitative estimate of drug-likeness (QED) is 0.857. The molecule has 0 radical (unpaired) electrons. The Morgan fingerprint density at radius 2 is 1.57 bits per heavy atom. The fourth-order valence-electron chi connectivity index (χ4n) is 4.14. The maximum atomic E-state index is 13.9. The molecule has 0 aromatic rings. The van der Waals surface area contributed by atoms with Crippen molar-refractivity contribution in [3.8, 4) is 0 Å². The molecule has 1 aliphatic heterocycles. The Labute approximate surface area is 136 Å². The van der Waals surface area contributed by atoms with Crippen LogP contribution in [-0.4, -0.2) is 40.9 Å². The molecule has 2 atom stereocenters. The van der Waals surface area contributed by atoms with Crippen LogP contribution < -0.4 is 0 Å². The van der Waals surface area contributed by atoms with Crippen LogP contribution in [0.15, 0.2) is 0 Å². The van der Waals surface area contributed by atoms with E-state index in [0.717, 1.165) is 32.1 Å². The van der Waals surface area contributed by atoms with E-state index in [1.165, 1.54) is 18.7 Å². The smallest absolute Gasteiger partial charge is 0.303 e. The largest absolute Gasteiger partial charge is 0.481 e. The second kappa shape index (κ2) is 6.73. The van der Waals surface area contributed by atoms with E-state index < -0.39 is 29.1 Å². The predicted octanol–water partition coefficient (Wildman–Crippen LogP) is 3.55. The standard InChI is InChI=1S/C17H27F2NO3/c1-12-10-20(11-13(2)17(12,18)19)14(21)8-16(9-15(22)23)6-4-3-5-7-16/h12-13H,3-11H2,1-2H3,(H,22,23). The maximum absolute atomic E-state index is 13.9. The second-order valence-corrected chi connectivity index (χ2v) is 7.58. The number of likely N-dealkylation sites (tertiary alicyclic amines) is 1. The third-order valence-corrected chi connectivity index (χ3v) is 5.62. The van der Waals surface area contributed by atoms with Crippen LogP contribution >= 0.6 is 0 Å². The first kappa shape index (κ1) is 18.1. The topological polar surface area (TPSA) is 57.6 Å². The van der Waals surface area contributed by atoms with Crippen molar-refractivity contribution in [1.29, 1.82) is 0 Å². The summed E-state index contributed by atoms with van der Waals surface area (Å²) in [7, 11) is 0. The highest BCUT2D eigenvalue weighted by molar-refractivity contribution is 5.78. The average molecular weight is 331 g/mol. The molecule has 23 heavy (non-hydrogen) atoms. The van der Waals surface area contributed by atoms with Crippen molar-refractivity contribution in [2.45, 2.75) is 64.7 Å². The monoisotopic (exact) mass is 331 g/mol. The fourth-order valence-corrected chi connectivity index (χ4v) is 4.14. The van der Waals surface area contributed by atoms with Crippen LogP contribution in [0.3, 0.4) is 0 Å². The second-order valence-electron chi connectivity index (χ2n) is 7.58. The Balaban J connectivity index is 2.06. The van der Waals surface area contributed by atoms with Crippen LogP contribution in [0.5, 0.6) is 0 Å². The molecular formula is C17H27F2NO3. The zero-order valence-corrected chi connectivity index (χ0v) is 14.0. The lowest BCUT2D eigenvalue weighted by Crippen LogP contribution is -2.54.